The Bertz CT molecular complexity index is 347. The first-order valence-electron chi connectivity index (χ1n) is 4.13. The molecular formula is C10H10Cl2O. The van der Waals surface area contributed by atoms with Crippen LogP contribution in [0, 0.1) is 0 Å². The van der Waals surface area contributed by atoms with Gasteiger partial charge in [0.1, 0.15) is 6.10 Å². The van der Waals surface area contributed by atoms with Crippen LogP contribution in [0.1, 0.15) is 25.5 Å². The summed E-state index contributed by atoms with van der Waals surface area (Å²) in [6.07, 6.45) is 0.169. The molecule has 0 aromatic heterocycles. The molecule has 1 heterocycles. The standard InChI is InChI=1S/C10H10Cl2O/c1-10(2)9(13-10)6-3-4-7(11)8(12)5-6/h3-5,9H,1-2H3. The fourth-order valence-electron chi connectivity index (χ4n) is 1.41. The van der Waals surface area contributed by atoms with Crippen LogP contribution in [0.4, 0.5) is 0 Å². The summed E-state index contributed by atoms with van der Waals surface area (Å²) in [6.45, 7) is 4.11. The van der Waals surface area contributed by atoms with Gasteiger partial charge in [-0.15, -0.1) is 0 Å². The zero-order valence-electron chi connectivity index (χ0n) is 7.47. The summed E-state index contributed by atoms with van der Waals surface area (Å²) >= 11 is 11.7. The average Bonchev–Trinajstić information content (AvgIpc) is 2.66. The van der Waals surface area contributed by atoms with Crippen LogP contribution in [-0.2, 0) is 4.74 Å². The van der Waals surface area contributed by atoms with Crippen LogP contribution in [0.15, 0.2) is 18.2 Å². The minimum Gasteiger partial charge on any atom is -0.362 e. The van der Waals surface area contributed by atoms with Crippen LogP contribution in [0.5, 0.6) is 0 Å². The topological polar surface area (TPSA) is 12.5 Å². The van der Waals surface area contributed by atoms with Gasteiger partial charge < -0.3 is 4.74 Å². The molecule has 3 heteroatoms. The zero-order chi connectivity index (χ0) is 9.64. The zero-order valence-corrected chi connectivity index (χ0v) is 8.99. The molecular weight excluding hydrogens is 207 g/mol. The number of halogens is 2. The van der Waals surface area contributed by atoms with E-state index in [1.54, 1.807) is 6.07 Å². The van der Waals surface area contributed by atoms with Crippen molar-refractivity contribution in [3.8, 4) is 0 Å². The van der Waals surface area contributed by atoms with Gasteiger partial charge in [0.25, 0.3) is 0 Å². The molecule has 13 heavy (non-hydrogen) atoms. The lowest BCUT2D eigenvalue weighted by Gasteiger charge is -2.00. The van der Waals surface area contributed by atoms with Crippen molar-refractivity contribution in [1.29, 1.82) is 0 Å². The summed E-state index contributed by atoms with van der Waals surface area (Å²) in [4.78, 5) is 0. The van der Waals surface area contributed by atoms with E-state index in [2.05, 4.69) is 13.8 Å². The van der Waals surface area contributed by atoms with Gasteiger partial charge in [0.15, 0.2) is 0 Å². The molecule has 1 nitrogen and oxygen atoms in total. The van der Waals surface area contributed by atoms with Gasteiger partial charge >= 0.3 is 0 Å². The maximum atomic E-state index is 5.89. The third-order valence-corrected chi connectivity index (χ3v) is 2.98. The van der Waals surface area contributed by atoms with Crippen LogP contribution in [0.2, 0.25) is 10.0 Å². The maximum absolute atomic E-state index is 5.89. The number of ether oxygens (including phenoxy) is 1. The molecule has 1 aromatic rings. The Morgan fingerprint density at radius 1 is 1.23 bits per heavy atom. The molecule has 1 aromatic carbocycles. The lowest BCUT2D eigenvalue weighted by molar-refractivity contribution is 0.325. The van der Waals surface area contributed by atoms with Crippen molar-refractivity contribution in [3.05, 3.63) is 33.8 Å². The predicted octanol–water partition coefficient (Wildman–Crippen LogP) is 3.84. The van der Waals surface area contributed by atoms with Gasteiger partial charge in [-0.1, -0.05) is 29.3 Å². The minimum absolute atomic E-state index is 0.0445. The molecule has 0 spiro atoms. The first kappa shape index (κ1) is 9.32. The van der Waals surface area contributed by atoms with E-state index in [1.165, 1.54) is 0 Å². The van der Waals surface area contributed by atoms with E-state index in [1.807, 2.05) is 12.1 Å². The first-order chi connectivity index (χ1) is 6.00. The highest BCUT2D eigenvalue weighted by Crippen LogP contribution is 2.49. The first-order valence-corrected chi connectivity index (χ1v) is 4.89. The van der Waals surface area contributed by atoms with E-state index in [4.69, 9.17) is 27.9 Å². The second-order valence-electron chi connectivity index (χ2n) is 3.77. The second kappa shape index (κ2) is 2.88. The third kappa shape index (κ3) is 1.69. The van der Waals surface area contributed by atoms with E-state index in [9.17, 15) is 0 Å². The molecule has 0 aliphatic carbocycles. The van der Waals surface area contributed by atoms with Gasteiger partial charge in [-0.25, -0.2) is 0 Å². The molecule has 1 atom stereocenters. The molecule has 1 unspecified atom stereocenters. The summed E-state index contributed by atoms with van der Waals surface area (Å²) in [7, 11) is 0. The van der Waals surface area contributed by atoms with Crippen LogP contribution in [0.25, 0.3) is 0 Å². The summed E-state index contributed by atoms with van der Waals surface area (Å²) in [5.41, 5.74) is 1.05. The number of hydrogen-bond acceptors (Lipinski definition) is 1. The van der Waals surface area contributed by atoms with Crippen molar-refractivity contribution in [3.63, 3.8) is 0 Å². The number of epoxide rings is 1. The van der Waals surface area contributed by atoms with Gasteiger partial charge in [-0.05, 0) is 31.5 Å². The molecule has 1 fully saturated rings. The molecule has 0 N–H and O–H groups in total. The Morgan fingerprint density at radius 3 is 2.31 bits per heavy atom. The lowest BCUT2D eigenvalue weighted by atomic mass is 10.0. The summed E-state index contributed by atoms with van der Waals surface area (Å²) in [6, 6.07) is 5.62. The van der Waals surface area contributed by atoms with Crippen LogP contribution >= 0.6 is 23.2 Å². The summed E-state index contributed by atoms with van der Waals surface area (Å²) in [5, 5.41) is 1.18. The molecule has 1 aliphatic rings. The van der Waals surface area contributed by atoms with Crippen molar-refractivity contribution in [2.45, 2.75) is 25.6 Å². The average molecular weight is 217 g/mol. The van der Waals surface area contributed by atoms with Crippen LogP contribution in [-0.4, -0.2) is 5.60 Å². The molecule has 0 radical (unpaired) electrons. The lowest BCUT2D eigenvalue weighted by Crippen LogP contribution is -1.97. The Morgan fingerprint density at radius 2 is 1.85 bits per heavy atom. The second-order valence-corrected chi connectivity index (χ2v) is 4.59. The van der Waals surface area contributed by atoms with Gasteiger partial charge in [0, 0.05) is 0 Å². The molecule has 70 valence electrons. The number of hydrogen-bond donors (Lipinski definition) is 0. The van der Waals surface area contributed by atoms with Gasteiger partial charge in [-0.3, -0.25) is 0 Å². The smallest absolute Gasteiger partial charge is 0.112 e. The van der Waals surface area contributed by atoms with E-state index in [0.717, 1.165) is 5.56 Å². The SMILES string of the molecule is CC1(C)OC1c1ccc(Cl)c(Cl)c1. The Hall–Kier alpha value is -0.240. The van der Waals surface area contributed by atoms with Gasteiger partial charge in [0.05, 0.1) is 15.6 Å². The normalized spacial score (nSPS) is 24.5. The van der Waals surface area contributed by atoms with Crippen molar-refractivity contribution in [1.82, 2.24) is 0 Å². The minimum atomic E-state index is -0.0445. The molecule has 0 saturated carbocycles. The van der Waals surface area contributed by atoms with Crippen molar-refractivity contribution in [2.75, 3.05) is 0 Å². The molecule has 1 aliphatic heterocycles. The number of benzene rings is 1. The monoisotopic (exact) mass is 216 g/mol. The van der Waals surface area contributed by atoms with Crippen molar-refractivity contribution >= 4 is 23.2 Å². The molecule has 2 rings (SSSR count). The van der Waals surface area contributed by atoms with E-state index in [-0.39, 0.29) is 11.7 Å². The highest BCUT2D eigenvalue weighted by molar-refractivity contribution is 6.42. The van der Waals surface area contributed by atoms with Crippen molar-refractivity contribution in [2.24, 2.45) is 0 Å². The Kier molecular flexibility index (Phi) is 2.06. The van der Waals surface area contributed by atoms with E-state index in [0.29, 0.717) is 10.0 Å². The van der Waals surface area contributed by atoms with Crippen molar-refractivity contribution < 1.29 is 4.74 Å². The Balaban J connectivity index is 2.29. The predicted molar refractivity (Wildman–Crippen MR) is 54.4 cm³/mol. The van der Waals surface area contributed by atoms with E-state index < -0.39 is 0 Å². The summed E-state index contributed by atoms with van der Waals surface area (Å²) in [5.74, 6) is 0. The molecule has 1 saturated heterocycles. The van der Waals surface area contributed by atoms with Crippen LogP contribution in [0.3, 0.4) is 0 Å². The Labute approximate surface area is 87.6 Å². The van der Waals surface area contributed by atoms with Crippen LogP contribution < -0.4 is 0 Å². The summed E-state index contributed by atoms with van der Waals surface area (Å²) < 4.78 is 5.48. The maximum Gasteiger partial charge on any atom is 0.112 e. The van der Waals surface area contributed by atoms with Gasteiger partial charge in [0.2, 0.25) is 0 Å². The fourth-order valence-corrected chi connectivity index (χ4v) is 1.72. The van der Waals surface area contributed by atoms with E-state index >= 15 is 0 Å². The number of rotatable bonds is 1. The highest BCUT2D eigenvalue weighted by Gasteiger charge is 2.48. The highest BCUT2D eigenvalue weighted by atomic mass is 35.5. The van der Waals surface area contributed by atoms with Gasteiger partial charge in [-0.2, -0.15) is 0 Å². The quantitative estimate of drug-likeness (QED) is 0.651. The fraction of sp³-hybridized carbons (Fsp3) is 0.400. The largest absolute Gasteiger partial charge is 0.362 e. The molecule has 0 amide bonds. The third-order valence-electron chi connectivity index (χ3n) is 2.24. The molecule has 0 bridgehead atoms.